The first kappa shape index (κ1) is 23.0. The summed E-state index contributed by atoms with van der Waals surface area (Å²) in [4.78, 5) is 27.1. The van der Waals surface area contributed by atoms with E-state index in [-0.39, 0.29) is 18.6 Å². The second-order valence-electron chi connectivity index (χ2n) is 10.0. The predicted octanol–water partition coefficient (Wildman–Crippen LogP) is 6.34. The van der Waals surface area contributed by atoms with Crippen molar-refractivity contribution in [2.45, 2.75) is 45.3 Å². The maximum atomic E-state index is 12.8. The third kappa shape index (κ3) is 4.74. The molecular formula is C29H30N2O4. The van der Waals surface area contributed by atoms with Crippen LogP contribution < -0.4 is 5.32 Å². The SMILES string of the molecule is CC(C)(C)OC(=O)N1CCc2cccc(NC(=O)OCC3c4ccccc4-c4ccccc43)c2C1. The van der Waals surface area contributed by atoms with Crippen molar-refractivity contribution >= 4 is 17.9 Å². The minimum absolute atomic E-state index is 0.000461. The lowest BCUT2D eigenvalue weighted by Crippen LogP contribution is -2.40. The minimum Gasteiger partial charge on any atom is -0.448 e. The lowest BCUT2D eigenvalue weighted by atomic mass is 9.98. The Kier molecular flexibility index (Phi) is 5.97. The lowest BCUT2D eigenvalue weighted by Gasteiger charge is -2.32. The molecule has 2 aliphatic rings. The summed E-state index contributed by atoms with van der Waals surface area (Å²) in [6, 6.07) is 22.3. The Morgan fingerprint density at radius 2 is 1.60 bits per heavy atom. The van der Waals surface area contributed by atoms with E-state index in [2.05, 4.69) is 29.6 Å². The summed E-state index contributed by atoms with van der Waals surface area (Å²) in [6.45, 7) is 6.77. The first-order valence-corrected chi connectivity index (χ1v) is 12.0. The number of rotatable bonds is 3. The number of hydrogen-bond donors (Lipinski definition) is 1. The van der Waals surface area contributed by atoms with E-state index in [4.69, 9.17) is 9.47 Å². The molecule has 5 rings (SSSR count). The van der Waals surface area contributed by atoms with Crippen LogP contribution in [-0.2, 0) is 22.4 Å². The molecule has 180 valence electrons. The van der Waals surface area contributed by atoms with Crippen molar-refractivity contribution in [1.82, 2.24) is 4.90 Å². The first-order chi connectivity index (χ1) is 16.8. The summed E-state index contributed by atoms with van der Waals surface area (Å²) in [5.41, 5.74) is 6.86. The van der Waals surface area contributed by atoms with Crippen LogP contribution in [0.3, 0.4) is 0 Å². The van der Waals surface area contributed by atoms with Crippen LogP contribution in [0.5, 0.6) is 0 Å². The highest BCUT2D eigenvalue weighted by atomic mass is 16.6. The van der Waals surface area contributed by atoms with Gasteiger partial charge in [-0.05, 0) is 66.6 Å². The molecule has 1 aliphatic carbocycles. The molecule has 0 atom stereocenters. The third-order valence-corrected chi connectivity index (χ3v) is 6.51. The molecule has 0 fully saturated rings. The fourth-order valence-electron chi connectivity index (χ4n) is 4.92. The van der Waals surface area contributed by atoms with Gasteiger partial charge in [0.25, 0.3) is 0 Å². The Hall–Kier alpha value is -3.80. The van der Waals surface area contributed by atoms with Crippen molar-refractivity contribution in [1.29, 1.82) is 0 Å². The van der Waals surface area contributed by atoms with Crippen LogP contribution in [0.4, 0.5) is 15.3 Å². The minimum atomic E-state index is -0.559. The van der Waals surface area contributed by atoms with E-state index in [0.29, 0.717) is 25.2 Å². The predicted molar refractivity (Wildman–Crippen MR) is 135 cm³/mol. The summed E-state index contributed by atoms with van der Waals surface area (Å²) in [5, 5.41) is 2.91. The molecule has 0 saturated heterocycles. The number of hydrogen-bond acceptors (Lipinski definition) is 4. The number of nitrogens with one attached hydrogen (secondary N) is 1. The van der Waals surface area contributed by atoms with E-state index >= 15 is 0 Å². The van der Waals surface area contributed by atoms with Gasteiger partial charge in [-0.3, -0.25) is 5.32 Å². The number of ether oxygens (including phenoxy) is 2. The van der Waals surface area contributed by atoms with Gasteiger partial charge in [0.1, 0.15) is 12.2 Å². The second kappa shape index (κ2) is 9.10. The van der Waals surface area contributed by atoms with Crippen LogP contribution in [0.1, 0.15) is 48.9 Å². The maximum absolute atomic E-state index is 12.8. The van der Waals surface area contributed by atoms with Gasteiger partial charge in [0, 0.05) is 18.2 Å². The Balaban J connectivity index is 1.28. The maximum Gasteiger partial charge on any atom is 0.411 e. The Morgan fingerprint density at radius 3 is 2.26 bits per heavy atom. The standard InChI is InChI=1S/C29H30N2O4/c1-29(2,3)35-28(33)31-16-15-19-9-8-14-26(24(19)17-31)30-27(32)34-18-25-22-12-6-4-10-20(22)21-11-5-7-13-23(21)25/h4-14,25H,15-18H2,1-3H3,(H,30,32). The number of amides is 2. The molecule has 0 saturated carbocycles. The Morgan fingerprint density at radius 1 is 0.943 bits per heavy atom. The molecular weight excluding hydrogens is 440 g/mol. The highest BCUT2D eigenvalue weighted by Crippen LogP contribution is 2.44. The summed E-state index contributed by atoms with van der Waals surface area (Å²) in [7, 11) is 0. The van der Waals surface area contributed by atoms with Crippen LogP contribution in [0, 0.1) is 0 Å². The number of nitrogens with zero attached hydrogens (tertiary/aromatic N) is 1. The highest BCUT2D eigenvalue weighted by molar-refractivity contribution is 5.86. The lowest BCUT2D eigenvalue weighted by molar-refractivity contribution is 0.0224. The van der Waals surface area contributed by atoms with E-state index in [9.17, 15) is 9.59 Å². The van der Waals surface area contributed by atoms with Gasteiger partial charge in [0.05, 0.1) is 6.54 Å². The average molecular weight is 471 g/mol. The van der Waals surface area contributed by atoms with Gasteiger partial charge in [-0.25, -0.2) is 9.59 Å². The highest BCUT2D eigenvalue weighted by Gasteiger charge is 2.30. The second-order valence-corrected chi connectivity index (χ2v) is 10.0. The van der Waals surface area contributed by atoms with Gasteiger partial charge < -0.3 is 14.4 Å². The average Bonchev–Trinajstić information content (AvgIpc) is 3.15. The van der Waals surface area contributed by atoms with Crippen LogP contribution in [-0.4, -0.2) is 35.8 Å². The molecule has 35 heavy (non-hydrogen) atoms. The van der Waals surface area contributed by atoms with Crippen molar-refractivity contribution in [3.8, 4) is 11.1 Å². The summed E-state index contributed by atoms with van der Waals surface area (Å²) in [6.07, 6.45) is -0.150. The van der Waals surface area contributed by atoms with E-state index in [1.807, 2.05) is 63.2 Å². The van der Waals surface area contributed by atoms with Crippen LogP contribution >= 0.6 is 0 Å². The third-order valence-electron chi connectivity index (χ3n) is 6.51. The van der Waals surface area contributed by atoms with Crippen molar-refractivity contribution in [3.05, 3.63) is 89.0 Å². The van der Waals surface area contributed by atoms with Crippen LogP contribution in [0.2, 0.25) is 0 Å². The molecule has 2 amide bonds. The number of benzene rings is 3. The van der Waals surface area contributed by atoms with Gasteiger partial charge in [-0.2, -0.15) is 0 Å². The quantitative estimate of drug-likeness (QED) is 0.485. The first-order valence-electron chi connectivity index (χ1n) is 12.0. The number of carbonyl (C=O) groups excluding carboxylic acids is 2. The largest absolute Gasteiger partial charge is 0.448 e. The molecule has 1 aliphatic heterocycles. The molecule has 6 nitrogen and oxygen atoms in total. The fourth-order valence-corrected chi connectivity index (χ4v) is 4.92. The topological polar surface area (TPSA) is 67.9 Å². The van der Waals surface area contributed by atoms with Gasteiger partial charge in [0.15, 0.2) is 0 Å². The smallest absolute Gasteiger partial charge is 0.411 e. The molecule has 3 aromatic carbocycles. The van der Waals surface area contributed by atoms with Crippen molar-refractivity contribution < 1.29 is 19.1 Å². The Bertz CT molecular complexity index is 1230. The molecule has 6 heteroatoms. The molecule has 0 unspecified atom stereocenters. The van der Waals surface area contributed by atoms with Crippen molar-refractivity contribution in [2.75, 3.05) is 18.5 Å². The molecule has 1 heterocycles. The van der Waals surface area contributed by atoms with Gasteiger partial charge >= 0.3 is 12.2 Å². The van der Waals surface area contributed by atoms with E-state index in [0.717, 1.165) is 11.1 Å². The zero-order chi connectivity index (χ0) is 24.6. The molecule has 1 N–H and O–H groups in total. The number of fused-ring (bicyclic) bond motifs is 4. The molecule has 0 bridgehead atoms. The molecule has 3 aromatic rings. The summed E-state index contributed by atoms with van der Waals surface area (Å²) in [5.74, 6) is 0.000461. The molecule has 0 radical (unpaired) electrons. The molecule has 0 spiro atoms. The van der Waals surface area contributed by atoms with Crippen molar-refractivity contribution in [2.24, 2.45) is 0 Å². The fraction of sp³-hybridized carbons (Fsp3) is 0.310. The van der Waals surface area contributed by atoms with Crippen LogP contribution in [0.15, 0.2) is 66.7 Å². The summed E-state index contributed by atoms with van der Waals surface area (Å²) < 4.78 is 11.3. The van der Waals surface area contributed by atoms with Crippen LogP contribution in [0.25, 0.3) is 11.1 Å². The van der Waals surface area contributed by atoms with E-state index in [1.165, 1.54) is 22.3 Å². The molecule has 0 aromatic heterocycles. The normalized spacial score (nSPS) is 14.5. The summed E-state index contributed by atoms with van der Waals surface area (Å²) >= 11 is 0. The zero-order valence-corrected chi connectivity index (χ0v) is 20.3. The van der Waals surface area contributed by atoms with Gasteiger partial charge in [-0.15, -0.1) is 0 Å². The van der Waals surface area contributed by atoms with E-state index in [1.54, 1.807) is 4.90 Å². The van der Waals surface area contributed by atoms with Gasteiger partial charge in [0.2, 0.25) is 0 Å². The number of carbonyl (C=O) groups is 2. The Labute approximate surface area is 205 Å². The van der Waals surface area contributed by atoms with Crippen molar-refractivity contribution in [3.63, 3.8) is 0 Å². The van der Waals surface area contributed by atoms with E-state index < -0.39 is 11.7 Å². The number of anilines is 1. The van der Waals surface area contributed by atoms with Gasteiger partial charge in [-0.1, -0.05) is 60.7 Å². The zero-order valence-electron chi connectivity index (χ0n) is 20.3. The monoisotopic (exact) mass is 470 g/mol.